The smallest absolute Gasteiger partial charge is 0.306 e. The summed E-state index contributed by atoms with van der Waals surface area (Å²) in [7, 11) is 4.88. The molecule has 45 heavy (non-hydrogen) atoms. The Kier molecular flexibility index (Phi) is 9.71. The van der Waals surface area contributed by atoms with Gasteiger partial charge in [-0.3, -0.25) is 19.2 Å². The van der Waals surface area contributed by atoms with E-state index in [1.165, 1.54) is 0 Å². The number of hydrogen-bond acceptors (Lipinski definition) is 10. The molecule has 0 aromatic heterocycles. The normalized spacial score (nSPS) is 46.9. The molecular formula is C35H50O10. The molecule has 0 amide bonds. The molecular weight excluding hydrogens is 580 g/mol. The van der Waals surface area contributed by atoms with Crippen LogP contribution in [0.2, 0.25) is 0 Å². The summed E-state index contributed by atoms with van der Waals surface area (Å²) in [6.07, 6.45) is 3.88. The summed E-state index contributed by atoms with van der Waals surface area (Å²) in [6, 6.07) is 0. The first-order chi connectivity index (χ1) is 21.6. The first kappa shape index (κ1) is 32.9. The van der Waals surface area contributed by atoms with Gasteiger partial charge in [-0.05, 0) is 81.1 Å². The van der Waals surface area contributed by atoms with Gasteiger partial charge in [-0.25, -0.2) is 0 Å². The van der Waals surface area contributed by atoms with Crippen LogP contribution >= 0.6 is 0 Å². The van der Waals surface area contributed by atoms with Crippen LogP contribution in [0.25, 0.3) is 0 Å². The summed E-state index contributed by atoms with van der Waals surface area (Å²) >= 11 is 0. The number of hydrogen-bond donors (Lipinski definition) is 0. The van der Waals surface area contributed by atoms with Crippen molar-refractivity contribution in [2.45, 2.75) is 115 Å². The van der Waals surface area contributed by atoms with E-state index in [2.05, 4.69) is 0 Å². The van der Waals surface area contributed by atoms with Crippen LogP contribution in [0.15, 0.2) is 11.6 Å². The number of esters is 1. The molecule has 0 bridgehead atoms. The number of ketones is 3. The number of cyclic esters (lactones) is 1. The van der Waals surface area contributed by atoms with E-state index in [0.717, 1.165) is 12.8 Å². The number of carbonyl (C=O) groups excluding carboxylic acids is 4. The Morgan fingerprint density at radius 2 is 1.58 bits per heavy atom. The van der Waals surface area contributed by atoms with Crippen LogP contribution < -0.4 is 0 Å². The lowest BCUT2D eigenvalue weighted by atomic mass is 9.49. The fourth-order valence-corrected chi connectivity index (χ4v) is 9.91. The Morgan fingerprint density at radius 1 is 0.867 bits per heavy atom. The van der Waals surface area contributed by atoms with Gasteiger partial charge in [0.25, 0.3) is 0 Å². The third-order valence-electron chi connectivity index (χ3n) is 12.1. The molecule has 2 saturated heterocycles. The van der Waals surface area contributed by atoms with Crippen molar-refractivity contribution < 1.29 is 47.6 Å². The van der Waals surface area contributed by atoms with Crippen molar-refractivity contribution in [1.29, 1.82) is 0 Å². The van der Waals surface area contributed by atoms with Crippen LogP contribution in [0.5, 0.6) is 0 Å². The van der Waals surface area contributed by atoms with E-state index < -0.39 is 24.2 Å². The van der Waals surface area contributed by atoms with Crippen LogP contribution in [-0.2, 0) is 47.6 Å². The third-order valence-corrected chi connectivity index (χ3v) is 12.1. The molecule has 0 spiro atoms. The zero-order valence-corrected chi connectivity index (χ0v) is 27.5. The first-order valence-corrected chi connectivity index (χ1v) is 17.0. The lowest BCUT2D eigenvalue weighted by molar-refractivity contribution is -0.314. The van der Waals surface area contributed by atoms with Crippen molar-refractivity contribution in [1.82, 2.24) is 0 Å². The minimum Gasteiger partial charge on any atom is -0.462 e. The molecule has 10 nitrogen and oxygen atoms in total. The Morgan fingerprint density at radius 3 is 2.24 bits per heavy atom. The molecule has 15 atom stereocenters. The Hall–Kier alpha value is -1.98. The second-order valence-electron chi connectivity index (χ2n) is 14.3. The van der Waals surface area contributed by atoms with E-state index in [9.17, 15) is 19.2 Å². The number of Topliss-reactive ketones (excluding diaryl/α,β-unsaturated/α-hetero) is 3. The van der Waals surface area contributed by atoms with Crippen molar-refractivity contribution in [2.75, 3.05) is 21.3 Å². The van der Waals surface area contributed by atoms with Crippen LogP contribution in [0.3, 0.4) is 0 Å². The van der Waals surface area contributed by atoms with E-state index in [1.54, 1.807) is 28.3 Å². The Labute approximate surface area is 266 Å². The number of methoxy groups -OCH3 is 3. The lowest BCUT2D eigenvalue weighted by Crippen LogP contribution is -2.59. The molecule has 3 saturated carbocycles. The third kappa shape index (κ3) is 5.77. The molecule has 0 radical (unpaired) electrons. The second-order valence-corrected chi connectivity index (χ2v) is 14.3. The van der Waals surface area contributed by atoms with Gasteiger partial charge >= 0.3 is 5.97 Å². The largest absolute Gasteiger partial charge is 0.462 e. The summed E-state index contributed by atoms with van der Waals surface area (Å²) in [6.45, 7) is 5.62. The average molecular weight is 631 g/mol. The summed E-state index contributed by atoms with van der Waals surface area (Å²) in [5.74, 6) is -1.32. The predicted molar refractivity (Wildman–Crippen MR) is 161 cm³/mol. The van der Waals surface area contributed by atoms with E-state index in [0.29, 0.717) is 31.3 Å². The molecule has 10 heteroatoms. The average Bonchev–Trinajstić information content (AvgIpc) is 3.58. The molecule has 0 aromatic rings. The molecule has 0 aromatic carbocycles. The van der Waals surface area contributed by atoms with Crippen LogP contribution in [-0.4, -0.2) is 87.6 Å². The Balaban J connectivity index is 1.27. The van der Waals surface area contributed by atoms with Gasteiger partial charge in [0.2, 0.25) is 0 Å². The number of ether oxygens (including phenoxy) is 6. The highest BCUT2D eigenvalue weighted by molar-refractivity contribution is 6.11. The van der Waals surface area contributed by atoms with Gasteiger partial charge < -0.3 is 28.4 Å². The van der Waals surface area contributed by atoms with Gasteiger partial charge in [-0.15, -0.1) is 0 Å². The van der Waals surface area contributed by atoms with E-state index in [4.69, 9.17) is 28.4 Å². The number of carbonyl (C=O) groups is 4. The SMILES string of the molecule is CC[C@H]1CCCC(=O)[C@@H](C)C(=O)C2=C[C@H]3[C@@H]4C[C@H](O[C@@H]5OC(C)[C@H](OC)C(OC)C5OC)C[C@H]4[C@@H]4CC(=O)[C@@H]4[C@H]3[C@@H]2CC(=O)O1. The first-order valence-electron chi connectivity index (χ1n) is 17.0. The van der Waals surface area contributed by atoms with Gasteiger partial charge in [0.15, 0.2) is 12.1 Å². The van der Waals surface area contributed by atoms with Gasteiger partial charge in [0.1, 0.15) is 36.0 Å². The maximum absolute atomic E-state index is 13.9. The molecule has 3 unspecified atom stereocenters. The molecule has 6 rings (SSSR count). The van der Waals surface area contributed by atoms with Crippen LogP contribution in [0.1, 0.15) is 72.1 Å². The lowest BCUT2D eigenvalue weighted by Gasteiger charge is -2.54. The second kappa shape index (κ2) is 13.3. The highest BCUT2D eigenvalue weighted by atomic mass is 16.7. The van der Waals surface area contributed by atoms with Crippen molar-refractivity contribution in [3.05, 3.63) is 11.6 Å². The number of rotatable bonds is 6. The van der Waals surface area contributed by atoms with Gasteiger partial charge in [0.05, 0.1) is 24.5 Å². The maximum atomic E-state index is 13.9. The summed E-state index contributed by atoms with van der Waals surface area (Å²) < 4.78 is 36.1. The van der Waals surface area contributed by atoms with Crippen molar-refractivity contribution in [2.24, 2.45) is 47.3 Å². The molecule has 0 N–H and O–H groups in total. The van der Waals surface area contributed by atoms with E-state index in [1.807, 2.05) is 19.9 Å². The fourth-order valence-electron chi connectivity index (χ4n) is 9.91. The van der Waals surface area contributed by atoms with Crippen LogP contribution in [0.4, 0.5) is 0 Å². The monoisotopic (exact) mass is 630 g/mol. The molecule has 2 heterocycles. The number of allylic oxidation sites excluding steroid dienone is 2. The van der Waals surface area contributed by atoms with Crippen LogP contribution in [0, 0.1) is 47.3 Å². The zero-order valence-electron chi connectivity index (χ0n) is 27.5. The summed E-state index contributed by atoms with van der Waals surface area (Å²) in [4.78, 5) is 53.7. The molecule has 4 aliphatic carbocycles. The Bertz CT molecular complexity index is 1200. The quantitative estimate of drug-likeness (QED) is 0.316. The predicted octanol–water partition coefficient (Wildman–Crippen LogP) is 3.87. The van der Waals surface area contributed by atoms with E-state index >= 15 is 0 Å². The van der Waals surface area contributed by atoms with Crippen molar-refractivity contribution >= 4 is 23.3 Å². The summed E-state index contributed by atoms with van der Waals surface area (Å²) in [5, 5.41) is 0. The number of fused-ring (bicyclic) bond motifs is 8. The van der Waals surface area contributed by atoms with Gasteiger partial charge in [-0.2, -0.15) is 0 Å². The maximum Gasteiger partial charge on any atom is 0.306 e. The zero-order chi connectivity index (χ0) is 32.2. The molecule has 250 valence electrons. The highest BCUT2D eigenvalue weighted by Gasteiger charge is 2.64. The topological polar surface area (TPSA) is 124 Å². The standard InChI is InChI=1S/C35H50O10/c1-7-18-9-8-10-26(36)16(2)31(39)25-13-22-20-11-19(45-35-34(42-6)33(41-5)32(40-4)17(3)43-35)12-21(20)23-14-27(37)30(23)29(22)24(25)15-28(38)44-18/h13,16-24,29-30,32-35H,7-12,14-15H2,1-6H3/t16-,17?,18+,19+,20-,21-,22+,23+,24-,29-,30-,32+,33?,34?,35+/m1/s1. The minimum absolute atomic E-state index is 0.0470. The fraction of sp³-hybridized carbons (Fsp3) is 0.829. The van der Waals surface area contributed by atoms with Crippen molar-refractivity contribution in [3.63, 3.8) is 0 Å². The molecule has 2 aliphatic heterocycles. The summed E-state index contributed by atoms with van der Waals surface area (Å²) in [5.41, 5.74) is 0.553. The van der Waals surface area contributed by atoms with Gasteiger partial charge in [-0.1, -0.05) is 13.0 Å². The van der Waals surface area contributed by atoms with E-state index in [-0.39, 0.29) is 102 Å². The molecule has 5 fully saturated rings. The minimum atomic E-state index is -0.765. The molecule has 6 aliphatic rings. The van der Waals surface area contributed by atoms with Crippen molar-refractivity contribution in [3.8, 4) is 0 Å². The van der Waals surface area contributed by atoms with Gasteiger partial charge in [0, 0.05) is 46.0 Å². The highest BCUT2D eigenvalue weighted by Crippen LogP contribution is 2.64.